The second-order valence-corrected chi connectivity index (χ2v) is 14.4. The highest BCUT2D eigenvalue weighted by atomic mass is 32.2. The van der Waals surface area contributed by atoms with Gasteiger partial charge in [0.05, 0.1) is 28.9 Å². The van der Waals surface area contributed by atoms with Crippen molar-refractivity contribution >= 4 is 27.3 Å². The molecule has 0 unspecified atom stereocenters. The molecule has 4 aromatic heterocycles. The number of nitrogens with one attached hydrogen (secondary N) is 2. The minimum atomic E-state index is -3.49. The average Bonchev–Trinajstić information content (AvgIpc) is 3.81. The second kappa shape index (κ2) is 12.9. The zero-order chi connectivity index (χ0) is 31.7. The molecule has 4 aromatic rings. The van der Waals surface area contributed by atoms with E-state index in [0.29, 0.717) is 60.3 Å². The van der Waals surface area contributed by atoms with E-state index in [9.17, 15) is 12.8 Å². The van der Waals surface area contributed by atoms with Crippen molar-refractivity contribution in [1.82, 2.24) is 39.2 Å². The van der Waals surface area contributed by atoms with Crippen LogP contribution in [0.25, 0.3) is 22.6 Å². The summed E-state index contributed by atoms with van der Waals surface area (Å²) in [6.07, 6.45) is 11.3. The fraction of sp³-hybridized carbons (Fsp3) is 0.484. The summed E-state index contributed by atoms with van der Waals surface area (Å²) in [5.74, 6) is 1.83. The molecular weight excluding hydrogens is 611 g/mol. The summed E-state index contributed by atoms with van der Waals surface area (Å²) in [5.41, 5.74) is 2.68. The van der Waals surface area contributed by atoms with Crippen LogP contribution >= 0.6 is 0 Å². The summed E-state index contributed by atoms with van der Waals surface area (Å²) in [6, 6.07) is 7.41. The Labute approximate surface area is 267 Å². The standard InChI is InChI=1S/C31H37FN10O3S/c1-41-14-11-23(12-15-41)45-30-9-8-26(39-40-30)25-18-34-29(16-27(25)36-22-4-2-21(32)3-5-22)37-28-10-13-33-31(38-28)20-17-35-42(19-20)46(43,44)24-6-7-24/h8-10,13,16-19,21-24H,2-7,11-12,14-15H2,1H3,(H2,33,34,36,37,38). The van der Waals surface area contributed by atoms with Gasteiger partial charge in [-0.2, -0.15) is 9.19 Å². The number of alkyl halides is 1. The summed E-state index contributed by atoms with van der Waals surface area (Å²) >= 11 is 0. The smallest absolute Gasteiger partial charge is 0.256 e. The van der Waals surface area contributed by atoms with E-state index in [1.165, 1.54) is 12.4 Å². The number of halogens is 1. The second-order valence-electron chi connectivity index (χ2n) is 12.3. The molecule has 0 atom stereocenters. The van der Waals surface area contributed by atoms with E-state index in [1.54, 1.807) is 18.5 Å². The summed E-state index contributed by atoms with van der Waals surface area (Å²) in [6.45, 7) is 1.99. The highest BCUT2D eigenvalue weighted by molar-refractivity contribution is 7.90. The number of nitrogens with zero attached hydrogens (tertiary/aromatic N) is 8. The Morgan fingerprint density at radius 2 is 1.74 bits per heavy atom. The van der Waals surface area contributed by atoms with E-state index in [2.05, 4.69) is 52.8 Å². The van der Waals surface area contributed by atoms with Crippen molar-refractivity contribution in [2.24, 2.45) is 0 Å². The van der Waals surface area contributed by atoms with Gasteiger partial charge < -0.3 is 20.3 Å². The number of ether oxygens (including phenoxy) is 1. The first-order valence-electron chi connectivity index (χ1n) is 15.8. The lowest BCUT2D eigenvalue weighted by atomic mass is 9.93. The molecule has 3 fully saturated rings. The van der Waals surface area contributed by atoms with Gasteiger partial charge in [-0.25, -0.2) is 27.8 Å². The first kappa shape index (κ1) is 30.4. The van der Waals surface area contributed by atoms with Crippen LogP contribution in [0, 0.1) is 0 Å². The lowest BCUT2D eigenvalue weighted by Gasteiger charge is -2.28. The van der Waals surface area contributed by atoms with Crippen LogP contribution in [0.2, 0.25) is 0 Å². The fourth-order valence-electron chi connectivity index (χ4n) is 5.84. The first-order chi connectivity index (χ1) is 22.3. The van der Waals surface area contributed by atoms with Gasteiger partial charge in [0.25, 0.3) is 10.0 Å². The third-order valence-corrected chi connectivity index (χ3v) is 10.8. The van der Waals surface area contributed by atoms with Crippen LogP contribution < -0.4 is 15.4 Å². The number of anilines is 3. The van der Waals surface area contributed by atoms with Crippen molar-refractivity contribution in [2.45, 2.75) is 74.9 Å². The molecular formula is C31H37FN10O3S. The molecule has 2 N–H and O–H groups in total. The van der Waals surface area contributed by atoms with Gasteiger partial charge in [0.1, 0.15) is 23.9 Å². The average molecular weight is 649 g/mol. The SMILES string of the molecule is CN1CCC(Oc2ccc(-c3cnc(Nc4ccnc(-c5cnn(S(=O)(=O)C6CC6)c5)n4)cc3NC3CCC(F)CC3)nn2)CC1. The lowest BCUT2D eigenvalue weighted by molar-refractivity contribution is 0.109. The van der Waals surface area contributed by atoms with Gasteiger partial charge in [-0.05, 0) is 70.5 Å². The van der Waals surface area contributed by atoms with Gasteiger partial charge in [0.15, 0.2) is 5.82 Å². The normalized spacial score (nSPS) is 21.2. The number of pyridine rings is 1. The molecule has 46 heavy (non-hydrogen) atoms. The van der Waals surface area contributed by atoms with E-state index in [0.717, 1.165) is 54.1 Å². The molecule has 0 radical (unpaired) electrons. The summed E-state index contributed by atoms with van der Waals surface area (Å²) < 4.78 is 46.1. The topological polar surface area (TPSA) is 153 Å². The highest BCUT2D eigenvalue weighted by Gasteiger charge is 2.37. The molecule has 0 spiro atoms. The molecule has 3 aliphatic rings. The van der Waals surface area contributed by atoms with Gasteiger partial charge in [-0.1, -0.05) is 0 Å². The van der Waals surface area contributed by atoms with Crippen molar-refractivity contribution in [3.8, 4) is 28.5 Å². The Kier molecular flexibility index (Phi) is 8.51. The third-order valence-electron chi connectivity index (χ3n) is 8.73. The minimum absolute atomic E-state index is 0.107. The molecule has 0 aromatic carbocycles. The number of rotatable bonds is 10. The van der Waals surface area contributed by atoms with Crippen molar-refractivity contribution in [3.63, 3.8) is 0 Å². The van der Waals surface area contributed by atoms with E-state index in [4.69, 9.17) is 4.74 Å². The molecule has 1 aliphatic heterocycles. The predicted octanol–water partition coefficient (Wildman–Crippen LogP) is 4.44. The number of hydrogen-bond donors (Lipinski definition) is 2. The summed E-state index contributed by atoms with van der Waals surface area (Å²) in [7, 11) is -1.38. The first-order valence-corrected chi connectivity index (χ1v) is 17.3. The molecule has 15 heteroatoms. The van der Waals surface area contributed by atoms with Gasteiger partial charge in [-0.3, -0.25) is 0 Å². The van der Waals surface area contributed by atoms with Crippen molar-refractivity contribution in [1.29, 1.82) is 0 Å². The molecule has 7 rings (SSSR count). The van der Waals surface area contributed by atoms with E-state index in [1.807, 2.05) is 18.2 Å². The van der Waals surface area contributed by atoms with Crippen LogP contribution in [-0.4, -0.2) is 91.4 Å². The monoisotopic (exact) mass is 648 g/mol. The molecule has 2 aliphatic carbocycles. The molecule has 0 amide bonds. The lowest BCUT2D eigenvalue weighted by Crippen LogP contribution is -2.35. The van der Waals surface area contributed by atoms with Gasteiger partial charge in [-0.15, -0.1) is 10.2 Å². The maximum absolute atomic E-state index is 13.9. The Morgan fingerprint density at radius 1 is 0.935 bits per heavy atom. The highest BCUT2D eigenvalue weighted by Crippen LogP contribution is 2.33. The quantitative estimate of drug-likeness (QED) is 0.250. The zero-order valence-electron chi connectivity index (χ0n) is 25.6. The van der Waals surface area contributed by atoms with Crippen LogP contribution in [-0.2, 0) is 10.0 Å². The van der Waals surface area contributed by atoms with Crippen LogP contribution in [0.15, 0.2) is 49.1 Å². The van der Waals surface area contributed by atoms with Gasteiger partial charge in [0, 0.05) is 54.9 Å². The van der Waals surface area contributed by atoms with Crippen LogP contribution in [0.4, 0.5) is 21.7 Å². The van der Waals surface area contributed by atoms with Crippen LogP contribution in [0.1, 0.15) is 51.4 Å². The van der Waals surface area contributed by atoms with Gasteiger partial charge >= 0.3 is 0 Å². The maximum atomic E-state index is 13.9. The number of hydrogen-bond acceptors (Lipinski definition) is 12. The number of aromatic nitrogens is 7. The molecule has 242 valence electrons. The Bertz CT molecular complexity index is 1770. The zero-order valence-corrected chi connectivity index (χ0v) is 26.4. The summed E-state index contributed by atoms with van der Waals surface area (Å²) in [4.78, 5) is 15.8. The summed E-state index contributed by atoms with van der Waals surface area (Å²) in [5, 5.41) is 19.3. The fourth-order valence-corrected chi connectivity index (χ4v) is 7.32. The number of piperidine rings is 1. The molecule has 0 bridgehead atoms. The van der Waals surface area contributed by atoms with Crippen molar-refractivity contribution in [2.75, 3.05) is 30.8 Å². The number of likely N-dealkylation sites (tertiary alicyclic amines) is 1. The Hall–Kier alpha value is -4.24. The van der Waals surface area contributed by atoms with Crippen molar-refractivity contribution in [3.05, 3.63) is 49.1 Å². The Morgan fingerprint density at radius 3 is 2.48 bits per heavy atom. The van der Waals surface area contributed by atoms with E-state index in [-0.39, 0.29) is 17.4 Å². The van der Waals surface area contributed by atoms with E-state index < -0.39 is 16.2 Å². The van der Waals surface area contributed by atoms with Crippen molar-refractivity contribution < 1.29 is 17.5 Å². The van der Waals surface area contributed by atoms with Crippen LogP contribution in [0.5, 0.6) is 5.88 Å². The Balaban J connectivity index is 1.11. The molecule has 13 nitrogen and oxygen atoms in total. The maximum Gasteiger partial charge on any atom is 0.256 e. The molecule has 2 saturated carbocycles. The largest absolute Gasteiger partial charge is 0.473 e. The predicted molar refractivity (Wildman–Crippen MR) is 171 cm³/mol. The van der Waals surface area contributed by atoms with E-state index >= 15 is 0 Å². The van der Waals surface area contributed by atoms with Gasteiger partial charge in [0.2, 0.25) is 5.88 Å². The van der Waals surface area contributed by atoms with Crippen LogP contribution in [0.3, 0.4) is 0 Å². The third kappa shape index (κ3) is 6.94. The molecule has 5 heterocycles. The minimum Gasteiger partial charge on any atom is -0.473 e. The molecule has 1 saturated heterocycles.